The summed E-state index contributed by atoms with van der Waals surface area (Å²) in [4.78, 5) is 49.4. The molecular weight excluding hydrogens is 582 g/mol. The number of unbranched alkanes of at least 4 members (excludes halogenated alkanes) is 1. The fraction of sp³-hybridized carbons (Fsp3) is 0.378. The number of thioether (sulfide) groups is 1. The molecule has 0 radical (unpaired) electrons. The molecular formula is C37H41N3O4S. The molecule has 1 N–H and O–H groups in total. The van der Waals surface area contributed by atoms with Gasteiger partial charge >= 0.3 is 0 Å². The van der Waals surface area contributed by atoms with Gasteiger partial charge < -0.3 is 19.8 Å². The summed E-state index contributed by atoms with van der Waals surface area (Å²) in [5.74, 6) is -1.60. The molecule has 3 saturated heterocycles. The predicted octanol–water partition coefficient (Wildman–Crippen LogP) is 5.83. The van der Waals surface area contributed by atoms with Gasteiger partial charge in [0.15, 0.2) is 0 Å². The van der Waals surface area contributed by atoms with Crippen molar-refractivity contribution in [2.75, 3.05) is 36.0 Å². The van der Waals surface area contributed by atoms with Crippen LogP contribution in [0.25, 0.3) is 10.8 Å². The second kappa shape index (κ2) is 12.5. The van der Waals surface area contributed by atoms with Crippen LogP contribution in [-0.4, -0.2) is 69.5 Å². The summed E-state index contributed by atoms with van der Waals surface area (Å²) < 4.78 is -1.23. The highest BCUT2D eigenvalue weighted by atomic mass is 32.2. The Bertz CT molecular complexity index is 1630. The van der Waals surface area contributed by atoms with Crippen molar-refractivity contribution < 1.29 is 19.5 Å². The molecule has 6 rings (SSSR count). The van der Waals surface area contributed by atoms with Crippen LogP contribution < -0.4 is 9.80 Å². The van der Waals surface area contributed by atoms with Crippen LogP contribution in [0.2, 0.25) is 0 Å². The average Bonchev–Trinajstić information content (AvgIpc) is 3.62. The van der Waals surface area contributed by atoms with Crippen molar-refractivity contribution in [1.82, 2.24) is 4.90 Å². The number of para-hydroxylation sites is 1. The molecule has 3 amide bonds. The van der Waals surface area contributed by atoms with Crippen LogP contribution >= 0.6 is 11.8 Å². The van der Waals surface area contributed by atoms with Gasteiger partial charge in [0, 0.05) is 42.4 Å². The number of nitrogens with zero attached hydrogens (tertiary/aromatic N) is 3. The molecule has 2 unspecified atom stereocenters. The highest BCUT2D eigenvalue weighted by molar-refractivity contribution is 8.02. The number of fused-ring (bicyclic) bond motifs is 2. The van der Waals surface area contributed by atoms with Crippen molar-refractivity contribution in [1.29, 1.82) is 0 Å². The van der Waals surface area contributed by atoms with Gasteiger partial charge in [-0.1, -0.05) is 60.7 Å². The maximum Gasteiger partial charge on any atom is 0.251 e. The lowest BCUT2D eigenvalue weighted by Crippen LogP contribution is -2.55. The molecule has 3 fully saturated rings. The number of rotatable bonds is 12. The van der Waals surface area contributed by atoms with Crippen LogP contribution in [0.3, 0.4) is 0 Å². The van der Waals surface area contributed by atoms with Crippen molar-refractivity contribution in [3.05, 3.63) is 98.1 Å². The minimum Gasteiger partial charge on any atom is -0.396 e. The molecule has 45 heavy (non-hydrogen) atoms. The van der Waals surface area contributed by atoms with E-state index in [0.717, 1.165) is 28.6 Å². The van der Waals surface area contributed by atoms with Crippen molar-refractivity contribution in [3.63, 3.8) is 0 Å². The number of hydrogen-bond donors (Lipinski definition) is 1. The van der Waals surface area contributed by atoms with Crippen LogP contribution in [0.15, 0.2) is 98.1 Å². The van der Waals surface area contributed by atoms with E-state index < -0.39 is 27.4 Å². The number of anilines is 2. The average molecular weight is 624 g/mol. The van der Waals surface area contributed by atoms with E-state index in [9.17, 15) is 19.5 Å². The molecule has 3 aliphatic heterocycles. The third-order valence-corrected chi connectivity index (χ3v) is 11.8. The van der Waals surface area contributed by atoms with Gasteiger partial charge in [0.2, 0.25) is 11.8 Å². The molecule has 7 nitrogen and oxygen atoms in total. The highest BCUT2D eigenvalue weighted by Gasteiger charge is 2.77. The monoisotopic (exact) mass is 623 g/mol. The SMILES string of the molecule is C=CCN(C(=O)C1N(CCCCO)C(=O)[C@@H]2[C@H](C(=O)N(CC=C)c3ccccc3)[C@]3(C)CCC12S3)c1ccc2ccccc2c1. The summed E-state index contributed by atoms with van der Waals surface area (Å²) in [6.45, 7) is 10.9. The van der Waals surface area contributed by atoms with E-state index in [1.165, 1.54) is 0 Å². The lowest BCUT2D eigenvalue weighted by atomic mass is 9.66. The molecule has 1 spiro atoms. The normalized spacial score (nSPS) is 26.6. The van der Waals surface area contributed by atoms with Gasteiger partial charge in [-0.2, -0.15) is 0 Å². The molecule has 0 aliphatic carbocycles. The number of benzene rings is 3. The van der Waals surface area contributed by atoms with Crippen LogP contribution in [-0.2, 0) is 14.4 Å². The van der Waals surface area contributed by atoms with Crippen LogP contribution in [0.4, 0.5) is 11.4 Å². The standard InChI is InChI=1S/C37H41N3O4S/c1-4-21-38(28-15-7-6-8-16-28)33(42)30-31-34(43)40(23-11-12-24-41)32(37(31)20-19-36(30,3)45-37)35(44)39(22-5-2)29-18-17-26-13-9-10-14-27(26)25-29/h4-10,13-18,25,30-32,41H,1-2,11-12,19-24H2,3H3/t30-,31+,32?,36+,37?/m1/s1. The first-order valence-corrected chi connectivity index (χ1v) is 16.6. The van der Waals surface area contributed by atoms with Crippen LogP contribution in [0.1, 0.15) is 32.6 Å². The lowest BCUT2D eigenvalue weighted by molar-refractivity contribution is -0.139. The minimum atomic E-state index is -0.741. The summed E-state index contributed by atoms with van der Waals surface area (Å²) in [5.41, 5.74) is 1.51. The summed E-state index contributed by atoms with van der Waals surface area (Å²) in [7, 11) is 0. The first-order valence-electron chi connectivity index (χ1n) is 15.8. The fourth-order valence-electron chi connectivity index (χ4n) is 7.89. The van der Waals surface area contributed by atoms with E-state index in [2.05, 4.69) is 20.1 Å². The number of carbonyl (C=O) groups excluding carboxylic acids is 3. The molecule has 3 aromatic carbocycles. The Labute approximate surface area is 269 Å². The van der Waals surface area contributed by atoms with Gasteiger partial charge in [-0.25, -0.2) is 0 Å². The van der Waals surface area contributed by atoms with Gasteiger partial charge in [0.25, 0.3) is 5.91 Å². The van der Waals surface area contributed by atoms with E-state index in [1.54, 1.807) is 38.6 Å². The lowest BCUT2D eigenvalue weighted by Gasteiger charge is -2.38. The summed E-state index contributed by atoms with van der Waals surface area (Å²) >= 11 is 1.68. The molecule has 3 heterocycles. The zero-order valence-corrected chi connectivity index (χ0v) is 26.6. The zero-order chi connectivity index (χ0) is 31.8. The number of aliphatic hydroxyl groups excluding tert-OH is 1. The van der Waals surface area contributed by atoms with Gasteiger partial charge in [0.1, 0.15) is 6.04 Å². The fourth-order valence-corrected chi connectivity index (χ4v) is 10.2. The minimum absolute atomic E-state index is 0.0103. The number of likely N-dealkylation sites (tertiary alicyclic amines) is 1. The highest BCUT2D eigenvalue weighted by Crippen LogP contribution is 2.71. The van der Waals surface area contributed by atoms with E-state index in [4.69, 9.17) is 0 Å². The van der Waals surface area contributed by atoms with Crippen molar-refractivity contribution in [2.24, 2.45) is 11.8 Å². The van der Waals surface area contributed by atoms with E-state index in [0.29, 0.717) is 38.9 Å². The smallest absolute Gasteiger partial charge is 0.251 e. The molecule has 3 aliphatic rings. The van der Waals surface area contributed by atoms with Gasteiger partial charge in [-0.15, -0.1) is 24.9 Å². The molecule has 0 saturated carbocycles. The summed E-state index contributed by atoms with van der Waals surface area (Å²) in [5, 5.41) is 11.7. The Morgan fingerprint density at radius 1 is 0.911 bits per heavy atom. The Balaban J connectivity index is 1.42. The van der Waals surface area contributed by atoms with Crippen LogP contribution in [0, 0.1) is 11.8 Å². The number of carbonyl (C=O) groups is 3. The third-order valence-electron chi connectivity index (χ3n) is 9.85. The Kier molecular flexibility index (Phi) is 8.63. The third kappa shape index (κ3) is 5.18. The maximum absolute atomic E-state index is 14.9. The topological polar surface area (TPSA) is 81.2 Å². The molecule has 3 aromatic rings. The van der Waals surface area contributed by atoms with Crippen LogP contribution in [0.5, 0.6) is 0 Å². The summed E-state index contributed by atoms with van der Waals surface area (Å²) in [6.07, 6.45) is 5.93. The number of amides is 3. The first kappa shape index (κ1) is 31.1. The second-order valence-corrected chi connectivity index (χ2v) is 14.4. The van der Waals surface area contributed by atoms with E-state index in [1.807, 2.05) is 72.8 Å². The molecule has 8 heteroatoms. The summed E-state index contributed by atoms with van der Waals surface area (Å²) in [6, 6.07) is 22.8. The second-order valence-electron chi connectivity index (χ2n) is 12.5. The predicted molar refractivity (Wildman–Crippen MR) is 182 cm³/mol. The van der Waals surface area contributed by atoms with Gasteiger partial charge in [0.05, 0.1) is 16.6 Å². The van der Waals surface area contributed by atoms with Gasteiger partial charge in [-0.05, 0) is 67.6 Å². The molecule has 2 bridgehead atoms. The molecule has 0 aromatic heterocycles. The molecule has 234 valence electrons. The zero-order valence-electron chi connectivity index (χ0n) is 25.8. The number of hydrogen-bond acceptors (Lipinski definition) is 5. The number of aliphatic hydroxyl groups is 1. The van der Waals surface area contributed by atoms with E-state index in [-0.39, 0.29) is 24.3 Å². The maximum atomic E-state index is 14.9. The first-order chi connectivity index (χ1) is 21.8. The molecule has 5 atom stereocenters. The Morgan fingerprint density at radius 3 is 2.27 bits per heavy atom. The van der Waals surface area contributed by atoms with Crippen molar-refractivity contribution in [3.8, 4) is 0 Å². The van der Waals surface area contributed by atoms with Crippen molar-refractivity contribution >= 4 is 51.6 Å². The van der Waals surface area contributed by atoms with Crippen molar-refractivity contribution in [2.45, 2.75) is 48.1 Å². The largest absolute Gasteiger partial charge is 0.396 e. The van der Waals surface area contributed by atoms with Gasteiger partial charge in [-0.3, -0.25) is 14.4 Å². The Morgan fingerprint density at radius 2 is 1.58 bits per heavy atom. The van der Waals surface area contributed by atoms with E-state index >= 15 is 0 Å². The Hall–Kier alpha value is -3.88. The quantitative estimate of drug-likeness (QED) is 0.203.